The predicted octanol–water partition coefficient (Wildman–Crippen LogP) is 3.91. The van der Waals surface area contributed by atoms with E-state index in [2.05, 4.69) is 16.0 Å². The van der Waals surface area contributed by atoms with E-state index in [0.29, 0.717) is 28.4 Å². The van der Waals surface area contributed by atoms with E-state index in [4.69, 9.17) is 4.74 Å². The number of nitro groups is 1. The maximum Gasteiger partial charge on any atom is 0.271 e. The molecule has 0 aliphatic rings. The smallest absolute Gasteiger partial charge is 0.271 e. The Hall–Kier alpha value is -4.40. The van der Waals surface area contributed by atoms with Gasteiger partial charge in [-0.15, -0.1) is 0 Å². The van der Waals surface area contributed by atoms with E-state index in [1.165, 1.54) is 25.3 Å². The second-order valence-electron chi connectivity index (χ2n) is 6.44. The molecule has 0 spiro atoms. The molecule has 0 radical (unpaired) electrons. The highest BCUT2D eigenvalue weighted by atomic mass is 16.6. The number of amides is 2. The topological polar surface area (TPSA) is 123 Å². The maximum absolute atomic E-state index is 12.4. The van der Waals surface area contributed by atoms with Gasteiger partial charge in [0.1, 0.15) is 5.75 Å². The van der Waals surface area contributed by atoms with Gasteiger partial charge in [0, 0.05) is 29.1 Å². The Morgan fingerprint density at radius 1 is 0.935 bits per heavy atom. The molecule has 3 aromatic carbocycles. The van der Waals surface area contributed by atoms with Crippen LogP contribution in [0.5, 0.6) is 5.75 Å². The largest absolute Gasteiger partial charge is 0.495 e. The third-order valence-corrected chi connectivity index (χ3v) is 4.30. The Balaban J connectivity index is 1.55. The van der Waals surface area contributed by atoms with Crippen LogP contribution in [0, 0.1) is 10.1 Å². The summed E-state index contributed by atoms with van der Waals surface area (Å²) in [5.41, 5.74) is 1.89. The molecule has 2 amide bonds. The minimum Gasteiger partial charge on any atom is -0.495 e. The summed E-state index contributed by atoms with van der Waals surface area (Å²) in [6.45, 7) is -0.0722. The van der Waals surface area contributed by atoms with Gasteiger partial charge >= 0.3 is 0 Å². The van der Waals surface area contributed by atoms with Gasteiger partial charge in [0.15, 0.2) is 0 Å². The number of methoxy groups -OCH3 is 1. The van der Waals surface area contributed by atoms with Crippen molar-refractivity contribution in [2.45, 2.75) is 0 Å². The molecule has 0 aliphatic carbocycles. The lowest BCUT2D eigenvalue weighted by Crippen LogP contribution is -2.21. The van der Waals surface area contributed by atoms with Crippen molar-refractivity contribution in [1.29, 1.82) is 0 Å². The summed E-state index contributed by atoms with van der Waals surface area (Å²) >= 11 is 0. The van der Waals surface area contributed by atoms with Crippen LogP contribution in [-0.4, -0.2) is 30.4 Å². The molecule has 0 aromatic heterocycles. The number of carbonyl (C=O) groups excluding carboxylic acids is 2. The lowest BCUT2D eigenvalue weighted by molar-refractivity contribution is -0.384. The van der Waals surface area contributed by atoms with Crippen LogP contribution < -0.4 is 20.7 Å². The highest BCUT2D eigenvalue weighted by Gasteiger charge is 2.10. The van der Waals surface area contributed by atoms with E-state index in [1.807, 2.05) is 0 Å². The molecule has 0 saturated carbocycles. The Bertz CT molecular complexity index is 1100. The fraction of sp³-hybridized carbons (Fsp3) is 0.0909. The number of anilines is 3. The summed E-state index contributed by atoms with van der Waals surface area (Å²) in [5.74, 6) is -0.0940. The predicted molar refractivity (Wildman–Crippen MR) is 118 cm³/mol. The number of nitrogens with zero attached hydrogens (tertiary/aromatic N) is 1. The van der Waals surface area contributed by atoms with Crippen LogP contribution in [0.15, 0.2) is 72.8 Å². The van der Waals surface area contributed by atoms with E-state index in [-0.39, 0.29) is 24.0 Å². The van der Waals surface area contributed by atoms with Crippen molar-refractivity contribution in [3.63, 3.8) is 0 Å². The van der Waals surface area contributed by atoms with E-state index < -0.39 is 4.92 Å². The molecule has 0 atom stereocenters. The van der Waals surface area contributed by atoms with Crippen LogP contribution in [0.25, 0.3) is 0 Å². The highest BCUT2D eigenvalue weighted by molar-refractivity contribution is 6.05. The SMILES string of the molecule is COc1ccccc1NC(=O)c1ccc(NC(=O)CNc2cccc([N+](=O)[O-])c2)cc1. The zero-order valence-corrected chi connectivity index (χ0v) is 16.6. The molecule has 3 N–H and O–H groups in total. The van der Waals surface area contributed by atoms with E-state index in [9.17, 15) is 19.7 Å². The molecule has 0 heterocycles. The molecule has 9 nitrogen and oxygen atoms in total. The minimum absolute atomic E-state index is 0.0626. The van der Waals surface area contributed by atoms with Crippen molar-refractivity contribution in [3.8, 4) is 5.75 Å². The first-order chi connectivity index (χ1) is 15.0. The number of carbonyl (C=O) groups is 2. The van der Waals surface area contributed by atoms with Crippen molar-refractivity contribution in [3.05, 3.63) is 88.5 Å². The van der Waals surface area contributed by atoms with Gasteiger partial charge in [-0.3, -0.25) is 19.7 Å². The summed E-state index contributed by atoms with van der Waals surface area (Å²) in [4.78, 5) is 34.9. The number of para-hydroxylation sites is 2. The second-order valence-corrected chi connectivity index (χ2v) is 6.44. The molecule has 3 aromatic rings. The van der Waals surface area contributed by atoms with Crippen molar-refractivity contribution >= 4 is 34.6 Å². The first-order valence-corrected chi connectivity index (χ1v) is 9.29. The number of benzene rings is 3. The maximum atomic E-state index is 12.4. The lowest BCUT2D eigenvalue weighted by Gasteiger charge is -2.11. The molecule has 3 rings (SSSR count). The summed E-state index contributed by atoms with van der Waals surface area (Å²) in [6.07, 6.45) is 0. The Kier molecular flexibility index (Phi) is 6.79. The van der Waals surface area contributed by atoms with Crippen molar-refractivity contribution < 1.29 is 19.2 Å². The fourth-order valence-corrected chi connectivity index (χ4v) is 2.76. The van der Waals surface area contributed by atoms with E-state index >= 15 is 0 Å². The summed E-state index contributed by atoms with van der Waals surface area (Å²) < 4.78 is 5.22. The molecule has 9 heteroatoms. The third kappa shape index (κ3) is 5.80. The van der Waals surface area contributed by atoms with Gasteiger partial charge in [0.2, 0.25) is 5.91 Å². The van der Waals surface area contributed by atoms with Gasteiger partial charge in [-0.2, -0.15) is 0 Å². The average molecular weight is 420 g/mol. The standard InChI is InChI=1S/C22H20N4O5/c1-31-20-8-3-2-7-19(20)25-22(28)15-9-11-16(12-10-15)24-21(27)14-23-17-5-4-6-18(13-17)26(29)30/h2-13,23H,14H2,1H3,(H,24,27)(H,25,28). The van der Waals surface area contributed by atoms with Gasteiger partial charge in [-0.05, 0) is 42.5 Å². The normalized spacial score (nSPS) is 10.1. The summed E-state index contributed by atoms with van der Waals surface area (Å²) in [7, 11) is 1.52. The molecular formula is C22H20N4O5. The number of ether oxygens (including phenoxy) is 1. The monoisotopic (exact) mass is 420 g/mol. The van der Waals surface area contributed by atoms with Crippen LogP contribution in [0.1, 0.15) is 10.4 Å². The first kappa shape index (κ1) is 21.3. The molecule has 0 aliphatic heterocycles. The molecule has 0 unspecified atom stereocenters. The lowest BCUT2D eigenvalue weighted by atomic mass is 10.2. The van der Waals surface area contributed by atoms with Crippen LogP contribution in [0.3, 0.4) is 0 Å². The van der Waals surface area contributed by atoms with Gasteiger partial charge in [-0.25, -0.2) is 0 Å². The van der Waals surface area contributed by atoms with Crippen molar-refractivity contribution in [2.24, 2.45) is 0 Å². The quantitative estimate of drug-likeness (QED) is 0.375. The third-order valence-electron chi connectivity index (χ3n) is 4.30. The van der Waals surface area contributed by atoms with Crippen LogP contribution >= 0.6 is 0 Å². The number of non-ortho nitro benzene ring substituents is 1. The van der Waals surface area contributed by atoms with Crippen LogP contribution in [0.4, 0.5) is 22.7 Å². The zero-order chi connectivity index (χ0) is 22.2. The number of hydrogen-bond donors (Lipinski definition) is 3. The van der Waals surface area contributed by atoms with E-state index in [0.717, 1.165) is 0 Å². The van der Waals surface area contributed by atoms with Crippen molar-refractivity contribution in [2.75, 3.05) is 29.6 Å². The molecule has 0 saturated heterocycles. The fourth-order valence-electron chi connectivity index (χ4n) is 2.76. The van der Waals surface area contributed by atoms with Crippen LogP contribution in [-0.2, 0) is 4.79 Å². The van der Waals surface area contributed by atoms with Gasteiger partial charge in [0.25, 0.3) is 11.6 Å². The zero-order valence-electron chi connectivity index (χ0n) is 16.6. The van der Waals surface area contributed by atoms with E-state index in [1.54, 1.807) is 54.6 Å². The number of nitro benzene ring substituents is 1. The Morgan fingerprint density at radius 2 is 1.68 bits per heavy atom. The minimum atomic E-state index is -0.503. The van der Waals surface area contributed by atoms with Crippen LogP contribution in [0.2, 0.25) is 0 Å². The molecule has 31 heavy (non-hydrogen) atoms. The average Bonchev–Trinajstić information content (AvgIpc) is 2.78. The molecule has 0 fully saturated rings. The van der Waals surface area contributed by atoms with Gasteiger partial charge in [0.05, 0.1) is 24.3 Å². The second kappa shape index (κ2) is 9.88. The molecule has 0 bridgehead atoms. The number of rotatable bonds is 8. The van der Waals surface area contributed by atoms with Crippen molar-refractivity contribution in [1.82, 2.24) is 0 Å². The first-order valence-electron chi connectivity index (χ1n) is 9.29. The summed E-state index contributed by atoms with van der Waals surface area (Å²) in [6, 6.07) is 19.4. The summed E-state index contributed by atoms with van der Waals surface area (Å²) in [5, 5.41) is 19.1. The van der Waals surface area contributed by atoms with Gasteiger partial charge in [-0.1, -0.05) is 18.2 Å². The molecular weight excluding hydrogens is 400 g/mol. The Morgan fingerprint density at radius 3 is 2.39 bits per heavy atom. The van der Waals surface area contributed by atoms with Gasteiger partial charge < -0.3 is 20.7 Å². The molecule has 158 valence electrons. The number of nitrogens with one attached hydrogen (secondary N) is 3. The number of hydrogen-bond acceptors (Lipinski definition) is 6. The highest BCUT2D eigenvalue weighted by Crippen LogP contribution is 2.24. The Labute approximate surface area is 178 Å².